The van der Waals surface area contributed by atoms with Gasteiger partial charge in [0.1, 0.15) is 10.3 Å². The van der Waals surface area contributed by atoms with Gasteiger partial charge in [-0.25, -0.2) is 16.8 Å². The number of rotatable bonds is 7. The Morgan fingerprint density at radius 3 is 2.59 bits per heavy atom. The van der Waals surface area contributed by atoms with Crippen LogP contribution in [0.1, 0.15) is 19.8 Å². The summed E-state index contributed by atoms with van der Waals surface area (Å²) in [6, 6.07) is 8.07. The van der Waals surface area contributed by atoms with E-state index in [1.165, 1.54) is 34.6 Å². The van der Waals surface area contributed by atoms with Gasteiger partial charge in [-0.05, 0) is 48.6 Å². The first-order valence-electron chi connectivity index (χ1n) is 9.75. The Morgan fingerprint density at radius 1 is 1.19 bits per heavy atom. The van der Waals surface area contributed by atoms with Crippen molar-refractivity contribution in [1.82, 2.24) is 14.5 Å². The van der Waals surface area contributed by atoms with E-state index >= 15 is 0 Å². The molecule has 3 aromatic rings. The van der Waals surface area contributed by atoms with Crippen LogP contribution in [-0.4, -0.2) is 55.6 Å². The van der Waals surface area contributed by atoms with Crippen LogP contribution in [0.15, 0.2) is 55.3 Å². The van der Waals surface area contributed by atoms with E-state index < -0.39 is 31.8 Å². The smallest absolute Gasteiger partial charge is 0.322 e. The van der Waals surface area contributed by atoms with E-state index in [2.05, 4.69) is 15.5 Å². The van der Waals surface area contributed by atoms with Crippen molar-refractivity contribution in [1.29, 1.82) is 0 Å². The largest absolute Gasteiger partial charge is 0.403 e. The van der Waals surface area contributed by atoms with Gasteiger partial charge in [0, 0.05) is 12.1 Å². The summed E-state index contributed by atoms with van der Waals surface area (Å²) in [5.41, 5.74) is 0.482. The number of benzene rings is 1. The number of aromatic nitrogens is 2. The van der Waals surface area contributed by atoms with Gasteiger partial charge in [-0.15, -0.1) is 16.4 Å². The minimum Gasteiger partial charge on any atom is -0.403 e. The van der Waals surface area contributed by atoms with E-state index in [-0.39, 0.29) is 33.3 Å². The van der Waals surface area contributed by atoms with E-state index in [0.717, 1.165) is 11.3 Å². The molecule has 10 nitrogen and oxygen atoms in total. The molecule has 0 bridgehead atoms. The van der Waals surface area contributed by atoms with Crippen molar-refractivity contribution in [2.45, 2.75) is 34.9 Å². The number of hydrogen-bond acceptors (Lipinski definition) is 9. The number of carbonyl (C=O) groups is 1. The number of hydrogen-bond donors (Lipinski definition) is 1. The lowest BCUT2D eigenvalue weighted by atomic mass is 10.2. The number of nitrogens with one attached hydrogen (secondary N) is 1. The predicted molar refractivity (Wildman–Crippen MR) is 117 cm³/mol. The number of sulfonamides is 1. The highest BCUT2D eigenvalue weighted by Gasteiger charge is 2.40. The molecule has 4 rings (SSSR count). The van der Waals surface area contributed by atoms with Crippen molar-refractivity contribution in [2.24, 2.45) is 0 Å². The monoisotopic (exact) mass is 496 g/mol. The molecule has 0 aliphatic carbocycles. The Hall–Kier alpha value is -2.61. The minimum absolute atomic E-state index is 0.0104. The molecule has 1 N–H and O–H groups in total. The van der Waals surface area contributed by atoms with Crippen molar-refractivity contribution >= 4 is 43.1 Å². The lowest BCUT2D eigenvalue weighted by Crippen LogP contribution is -2.42. The molecule has 2 aromatic heterocycles. The molecule has 3 heterocycles. The summed E-state index contributed by atoms with van der Waals surface area (Å²) in [6.07, 6.45) is 0.940. The van der Waals surface area contributed by atoms with Gasteiger partial charge in [0.15, 0.2) is 9.84 Å². The molecular formula is C19H20N4O6S3. The first-order valence-corrected chi connectivity index (χ1v) is 13.7. The highest BCUT2D eigenvalue weighted by Crippen LogP contribution is 2.29. The van der Waals surface area contributed by atoms with E-state index in [1.807, 2.05) is 0 Å². The summed E-state index contributed by atoms with van der Waals surface area (Å²) < 4.78 is 56.4. The van der Waals surface area contributed by atoms with Crippen molar-refractivity contribution in [3.8, 4) is 11.5 Å². The summed E-state index contributed by atoms with van der Waals surface area (Å²) in [7, 11) is -7.09. The molecule has 0 radical (unpaired) electrons. The van der Waals surface area contributed by atoms with Crippen molar-refractivity contribution in [3.63, 3.8) is 0 Å². The van der Waals surface area contributed by atoms with Crippen LogP contribution in [0.2, 0.25) is 0 Å². The second-order valence-electron chi connectivity index (χ2n) is 7.04. The zero-order chi connectivity index (χ0) is 22.9. The second-order valence-corrected chi connectivity index (χ2v) is 12.4. The third-order valence-electron chi connectivity index (χ3n) is 5.06. The summed E-state index contributed by atoms with van der Waals surface area (Å²) in [4.78, 5) is 13.0. The maximum absolute atomic E-state index is 12.8. The van der Waals surface area contributed by atoms with Crippen LogP contribution >= 0.6 is 11.3 Å². The quantitative estimate of drug-likeness (QED) is 0.526. The molecule has 1 unspecified atom stereocenters. The Morgan fingerprint density at radius 2 is 1.94 bits per heavy atom. The number of carbonyl (C=O) groups excluding carboxylic acids is 1. The lowest BCUT2D eigenvalue weighted by Gasteiger charge is -2.21. The van der Waals surface area contributed by atoms with E-state index in [9.17, 15) is 21.6 Å². The predicted octanol–water partition coefficient (Wildman–Crippen LogP) is 2.38. The summed E-state index contributed by atoms with van der Waals surface area (Å²) in [5, 5.41) is 11.8. The van der Waals surface area contributed by atoms with E-state index in [0.29, 0.717) is 18.4 Å². The van der Waals surface area contributed by atoms with Gasteiger partial charge in [-0.2, -0.15) is 4.31 Å². The molecule has 0 spiro atoms. The molecule has 1 fully saturated rings. The van der Waals surface area contributed by atoms with Crippen molar-refractivity contribution < 1.29 is 26.0 Å². The fraction of sp³-hybridized carbons (Fsp3) is 0.316. The van der Waals surface area contributed by atoms with Crippen LogP contribution in [0.3, 0.4) is 0 Å². The van der Waals surface area contributed by atoms with Gasteiger partial charge < -0.3 is 4.42 Å². The average molecular weight is 497 g/mol. The van der Waals surface area contributed by atoms with Crippen LogP contribution in [0.4, 0.5) is 6.01 Å². The number of amides is 1. The topological polar surface area (TPSA) is 140 Å². The molecule has 32 heavy (non-hydrogen) atoms. The second kappa shape index (κ2) is 8.73. The summed E-state index contributed by atoms with van der Waals surface area (Å²) in [5.74, 6) is -0.471. The van der Waals surface area contributed by atoms with Gasteiger partial charge in [-0.1, -0.05) is 18.1 Å². The van der Waals surface area contributed by atoms with Crippen LogP contribution in [0.5, 0.6) is 0 Å². The first-order chi connectivity index (χ1) is 15.2. The highest BCUT2D eigenvalue weighted by atomic mass is 32.2. The number of anilines is 1. The molecule has 1 saturated heterocycles. The number of thiophene rings is 1. The zero-order valence-electron chi connectivity index (χ0n) is 17.0. The maximum atomic E-state index is 12.8. The molecule has 170 valence electrons. The van der Waals surface area contributed by atoms with Crippen LogP contribution in [-0.2, 0) is 24.7 Å². The van der Waals surface area contributed by atoms with Crippen LogP contribution in [0, 0.1) is 0 Å². The van der Waals surface area contributed by atoms with E-state index in [4.69, 9.17) is 4.42 Å². The Balaban J connectivity index is 1.48. The summed E-state index contributed by atoms with van der Waals surface area (Å²) in [6.45, 7) is 1.81. The third-order valence-corrected chi connectivity index (χ3v) is 10.1. The molecule has 1 aromatic carbocycles. The Labute approximate surface area is 189 Å². The minimum atomic E-state index is -3.76. The molecule has 1 amide bonds. The summed E-state index contributed by atoms with van der Waals surface area (Å²) >= 11 is 1.10. The van der Waals surface area contributed by atoms with Crippen molar-refractivity contribution in [3.05, 3.63) is 41.8 Å². The van der Waals surface area contributed by atoms with Crippen LogP contribution in [0.25, 0.3) is 11.5 Å². The average Bonchev–Trinajstić information content (AvgIpc) is 3.55. The zero-order valence-corrected chi connectivity index (χ0v) is 19.4. The molecular weight excluding hydrogens is 476 g/mol. The number of nitrogens with zero attached hydrogens (tertiary/aromatic N) is 3. The van der Waals surface area contributed by atoms with Gasteiger partial charge >= 0.3 is 6.01 Å². The molecule has 1 aliphatic rings. The van der Waals surface area contributed by atoms with Gasteiger partial charge in [0.25, 0.3) is 10.0 Å². The van der Waals surface area contributed by atoms with Crippen LogP contribution < -0.4 is 5.32 Å². The van der Waals surface area contributed by atoms with Gasteiger partial charge in [0.05, 0.1) is 10.6 Å². The SMILES string of the molecule is CCS(=O)(=O)c1ccc(-c2nnc(NC(=O)C3CCCN3S(=O)(=O)c3cccs3)o2)cc1. The third kappa shape index (κ3) is 4.33. The van der Waals surface area contributed by atoms with Crippen molar-refractivity contribution in [2.75, 3.05) is 17.6 Å². The normalized spacial score (nSPS) is 17.5. The van der Waals surface area contributed by atoms with E-state index in [1.54, 1.807) is 18.4 Å². The fourth-order valence-corrected chi connectivity index (χ4v) is 7.03. The van der Waals surface area contributed by atoms with Gasteiger partial charge in [0.2, 0.25) is 11.8 Å². The molecule has 0 saturated carbocycles. The molecule has 1 atom stereocenters. The molecule has 13 heteroatoms. The standard InChI is InChI=1S/C19H20N4O6S3/c1-2-31(25,26)14-9-7-13(8-10-14)18-21-22-19(29-18)20-17(24)15-5-3-11-23(15)32(27,28)16-6-4-12-30-16/h4,6-10,12,15H,2-3,5,11H2,1H3,(H,20,22,24). The maximum Gasteiger partial charge on any atom is 0.322 e. The molecule has 1 aliphatic heterocycles. The lowest BCUT2D eigenvalue weighted by molar-refractivity contribution is -0.119. The van der Waals surface area contributed by atoms with Gasteiger partial charge in [-0.3, -0.25) is 10.1 Å². The Kier molecular flexibility index (Phi) is 6.16. The number of sulfone groups is 1. The fourth-order valence-electron chi connectivity index (χ4n) is 3.37. The first kappa shape index (κ1) is 22.6. The Bertz CT molecular complexity index is 1320. The highest BCUT2D eigenvalue weighted by molar-refractivity contribution is 7.91.